The fourth-order valence-electron chi connectivity index (χ4n) is 0.738. The molecule has 0 unspecified atom stereocenters. The van der Waals surface area contributed by atoms with Gasteiger partial charge < -0.3 is 4.55 Å². The van der Waals surface area contributed by atoms with E-state index in [0.717, 1.165) is 12.8 Å². The van der Waals surface area contributed by atoms with Crippen LogP contribution >= 0.6 is 0 Å². The van der Waals surface area contributed by atoms with Crippen LogP contribution in [0.5, 0.6) is 0 Å². The van der Waals surface area contributed by atoms with Gasteiger partial charge in [0.1, 0.15) is 5.78 Å². The van der Waals surface area contributed by atoms with E-state index in [0.29, 0.717) is 6.42 Å². The molecule has 0 rings (SSSR count). The lowest BCUT2D eigenvalue weighted by Crippen LogP contribution is -2.09. The first kappa shape index (κ1) is 11.6. The van der Waals surface area contributed by atoms with Crippen LogP contribution in [0.4, 0.5) is 0 Å². The van der Waals surface area contributed by atoms with Gasteiger partial charge in [-0.05, 0) is 6.42 Å². The molecule has 0 bridgehead atoms. The third kappa shape index (κ3) is 7.68. The predicted octanol–water partition coefficient (Wildman–Crippen LogP) is 0.681. The molecule has 0 spiro atoms. The molecule has 0 aliphatic rings. The van der Waals surface area contributed by atoms with E-state index in [4.69, 9.17) is 0 Å². The number of carbonyl (C=O) groups is 1. The van der Waals surface area contributed by atoms with Gasteiger partial charge >= 0.3 is 0 Å². The van der Waals surface area contributed by atoms with Crippen molar-refractivity contribution in [2.75, 3.05) is 5.75 Å². The van der Waals surface area contributed by atoms with Gasteiger partial charge in [-0.25, -0.2) is 8.42 Å². The molecule has 12 heavy (non-hydrogen) atoms. The number of rotatable bonds is 6. The van der Waals surface area contributed by atoms with Crippen LogP contribution in [-0.2, 0) is 14.9 Å². The molecular weight excluding hydrogens is 180 g/mol. The molecule has 72 valence electrons. The molecule has 0 fully saturated rings. The molecule has 0 radical (unpaired) electrons. The van der Waals surface area contributed by atoms with Gasteiger partial charge in [-0.3, -0.25) is 4.79 Å². The molecule has 0 aromatic rings. The van der Waals surface area contributed by atoms with E-state index in [-0.39, 0.29) is 12.2 Å². The van der Waals surface area contributed by atoms with Crippen LogP contribution in [0.25, 0.3) is 0 Å². The quantitative estimate of drug-likeness (QED) is 0.581. The van der Waals surface area contributed by atoms with Crippen LogP contribution in [0, 0.1) is 0 Å². The average Bonchev–Trinajstić information content (AvgIpc) is 1.95. The van der Waals surface area contributed by atoms with Crippen molar-refractivity contribution in [3.05, 3.63) is 0 Å². The zero-order valence-electron chi connectivity index (χ0n) is 7.08. The van der Waals surface area contributed by atoms with Crippen molar-refractivity contribution in [2.24, 2.45) is 0 Å². The van der Waals surface area contributed by atoms with Gasteiger partial charge in [0.05, 0.1) is 10.1 Å². The van der Waals surface area contributed by atoms with E-state index in [1.165, 1.54) is 0 Å². The first-order valence-electron chi connectivity index (χ1n) is 3.91. The number of hydrogen-bond acceptors (Lipinski definition) is 4. The standard InChI is InChI=1S/C7H14O4S/c1-2-3-4-7(8)5-6-12(9,10)11/h2-6H2,1H3,(H,9,10,11)/p-1. The van der Waals surface area contributed by atoms with E-state index >= 15 is 0 Å². The minimum Gasteiger partial charge on any atom is -0.748 e. The van der Waals surface area contributed by atoms with Crippen molar-refractivity contribution in [3.8, 4) is 0 Å². The van der Waals surface area contributed by atoms with E-state index < -0.39 is 15.9 Å². The summed E-state index contributed by atoms with van der Waals surface area (Å²) in [6.07, 6.45) is 1.91. The van der Waals surface area contributed by atoms with E-state index in [1.807, 2.05) is 6.92 Å². The average molecular weight is 193 g/mol. The zero-order valence-corrected chi connectivity index (χ0v) is 7.89. The third-order valence-electron chi connectivity index (χ3n) is 1.44. The van der Waals surface area contributed by atoms with Crippen molar-refractivity contribution < 1.29 is 17.8 Å². The number of Topliss-reactive ketones (excluding diaryl/α,β-unsaturated/α-hetero) is 1. The van der Waals surface area contributed by atoms with Crippen molar-refractivity contribution in [1.29, 1.82) is 0 Å². The normalized spacial score (nSPS) is 11.5. The van der Waals surface area contributed by atoms with Crippen LogP contribution in [0.2, 0.25) is 0 Å². The summed E-state index contributed by atoms with van der Waals surface area (Å²) in [4.78, 5) is 10.8. The Balaban J connectivity index is 3.58. The molecule has 0 atom stereocenters. The number of hydrogen-bond donors (Lipinski definition) is 0. The highest BCUT2D eigenvalue weighted by Crippen LogP contribution is 1.99. The predicted molar refractivity (Wildman–Crippen MR) is 43.7 cm³/mol. The summed E-state index contributed by atoms with van der Waals surface area (Å²) in [6, 6.07) is 0. The summed E-state index contributed by atoms with van der Waals surface area (Å²) < 4.78 is 30.3. The second kappa shape index (κ2) is 5.27. The second-order valence-electron chi connectivity index (χ2n) is 2.65. The molecule has 0 saturated carbocycles. The molecule has 4 nitrogen and oxygen atoms in total. The van der Waals surface area contributed by atoms with Crippen LogP contribution in [0.3, 0.4) is 0 Å². The molecule has 0 aliphatic carbocycles. The Morgan fingerprint density at radius 2 is 1.92 bits per heavy atom. The van der Waals surface area contributed by atoms with Crippen LogP contribution in [0.1, 0.15) is 32.6 Å². The van der Waals surface area contributed by atoms with Gasteiger partial charge in [0.2, 0.25) is 0 Å². The molecule has 0 N–H and O–H groups in total. The van der Waals surface area contributed by atoms with Crippen LogP contribution in [0.15, 0.2) is 0 Å². The topological polar surface area (TPSA) is 74.3 Å². The fourth-order valence-corrected chi connectivity index (χ4v) is 1.22. The van der Waals surface area contributed by atoms with E-state index in [1.54, 1.807) is 0 Å². The van der Waals surface area contributed by atoms with Crippen molar-refractivity contribution >= 4 is 15.9 Å². The molecule has 5 heteroatoms. The van der Waals surface area contributed by atoms with Gasteiger partial charge in [-0.1, -0.05) is 13.3 Å². The maximum absolute atomic E-state index is 10.8. The number of carbonyl (C=O) groups excluding carboxylic acids is 1. The molecule has 0 aromatic heterocycles. The Morgan fingerprint density at radius 1 is 1.33 bits per heavy atom. The number of ketones is 1. The summed E-state index contributed by atoms with van der Waals surface area (Å²) >= 11 is 0. The minimum absolute atomic E-state index is 0.133. The summed E-state index contributed by atoms with van der Waals surface area (Å²) in [6.45, 7) is 1.94. The lowest BCUT2D eigenvalue weighted by Gasteiger charge is -2.04. The molecule has 0 saturated heterocycles. The highest BCUT2D eigenvalue weighted by atomic mass is 32.2. The van der Waals surface area contributed by atoms with Gasteiger partial charge in [-0.15, -0.1) is 0 Å². The zero-order chi connectivity index (χ0) is 9.61. The largest absolute Gasteiger partial charge is 0.748 e. The van der Waals surface area contributed by atoms with Crippen molar-refractivity contribution in [1.82, 2.24) is 0 Å². The first-order valence-corrected chi connectivity index (χ1v) is 5.48. The Kier molecular flexibility index (Phi) is 5.08. The van der Waals surface area contributed by atoms with Gasteiger partial charge in [0, 0.05) is 18.6 Å². The molecule has 0 heterocycles. The van der Waals surface area contributed by atoms with Gasteiger partial charge in [0.25, 0.3) is 0 Å². The second-order valence-corrected chi connectivity index (χ2v) is 4.18. The third-order valence-corrected chi connectivity index (χ3v) is 2.14. The Labute approximate surface area is 72.7 Å². The summed E-state index contributed by atoms with van der Waals surface area (Å²) in [5.74, 6) is -0.702. The Bertz CT molecular complexity index is 230. The van der Waals surface area contributed by atoms with Crippen LogP contribution in [-0.4, -0.2) is 24.5 Å². The van der Waals surface area contributed by atoms with Gasteiger partial charge in [0.15, 0.2) is 0 Å². The lowest BCUT2D eigenvalue weighted by atomic mass is 10.1. The highest BCUT2D eigenvalue weighted by Gasteiger charge is 2.03. The maximum atomic E-state index is 10.8. The number of unbranched alkanes of at least 4 members (excludes halogenated alkanes) is 1. The summed E-state index contributed by atoms with van der Waals surface area (Å²) in [7, 11) is -4.22. The fraction of sp³-hybridized carbons (Fsp3) is 0.857. The molecule has 0 aliphatic heterocycles. The SMILES string of the molecule is CCCCC(=O)CCS(=O)(=O)[O-]. The lowest BCUT2D eigenvalue weighted by molar-refractivity contribution is -0.118. The summed E-state index contributed by atoms with van der Waals surface area (Å²) in [5, 5.41) is 0. The summed E-state index contributed by atoms with van der Waals surface area (Å²) in [5.41, 5.74) is 0. The van der Waals surface area contributed by atoms with Crippen molar-refractivity contribution in [3.63, 3.8) is 0 Å². The molecule has 0 amide bonds. The van der Waals surface area contributed by atoms with E-state index in [2.05, 4.69) is 0 Å². The van der Waals surface area contributed by atoms with Crippen LogP contribution < -0.4 is 0 Å². The highest BCUT2D eigenvalue weighted by molar-refractivity contribution is 7.85. The smallest absolute Gasteiger partial charge is 0.133 e. The Morgan fingerprint density at radius 3 is 2.33 bits per heavy atom. The molecular formula is C7H13O4S-. The molecule has 0 aromatic carbocycles. The Hall–Kier alpha value is -0.420. The van der Waals surface area contributed by atoms with E-state index in [9.17, 15) is 17.8 Å². The maximum Gasteiger partial charge on any atom is 0.133 e. The monoisotopic (exact) mass is 193 g/mol. The first-order chi connectivity index (χ1) is 5.45. The minimum atomic E-state index is -4.22. The van der Waals surface area contributed by atoms with Gasteiger partial charge in [-0.2, -0.15) is 0 Å². The van der Waals surface area contributed by atoms with Crippen molar-refractivity contribution in [2.45, 2.75) is 32.6 Å².